The average molecular weight is 292 g/mol. The molecule has 0 saturated heterocycles. The molecule has 96 valence electrons. The summed E-state index contributed by atoms with van der Waals surface area (Å²) in [6.45, 7) is 0.623. The van der Waals surface area contributed by atoms with Gasteiger partial charge in [-0.1, -0.05) is 29.3 Å². The molecule has 0 saturated carbocycles. The fraction of sp³-hybridized carbons (Fsp3) is 0.0714. The number of rotatable bonds is 3. The third-order valence-corrected chi connectivity index (χ3v) is 3.19. The monoisotopic (exact) mass is 291 g/mol. The molecule has 0 atom stereocenters. The van der Waals surface area contributed by atoms with Gasteiger partial charge in [0.05, 0.1) is 12.2 Å². The van der Waals surface area contributed by atoms with E-state index in [1.54, 1.807) is 6.07 Å². The van der Waals surface area contributed by atoms with Gasteiger partial charge in [-0.25, -0.2) is 4.98 Å². The first kappa shape index (κ1) is 12.3. The number of nitrogens with one attached hydrogen (secondary N) is 1. The van der Waals surface area contributed by atoms with Gasteiger partial charge < -0.3 is 9.72 Å². The smallest absolute Gasteiger partial charge is 0.137 e. The molecule has 0 aliphatic carbocycles. The number of pyridine rings is 1. The van der Waals surface area contributed by atoms with Gasteiger partial charge in [0.25, 0.3) is 0 Å². The highest BCUT2D eigenvalue weighted by Crippen LogP contribution is 2.22. The minimum absolute atomic E-state index is 0.616. The summed E-state index contributed by atoms with van der Waals surface area (Å²) in [7, 11) is 0. The predicted octanol–water partition coefficient (Wildman–Crippen LogP) is 4.25. The lowest BCUT2D eigenvalue weighted by molar-refractivity contribution is 1.08. The number of imidazole rings is 1. The van der Waals surface area contributed by atoms with E-state index in [1.165, 1.54) is 0 Å². The van der Waals surface area contributed by atoms with Crippen LogP contribution in [0.15, 0.2) is 48.8 Å². The second-order valence-electron chi connectivity index (χ2n) is 4.21. The second kappa shape index (κ2) is 5.11. The highest BCUT2D eigenvalue weighted by atomic mass is 35.5. The lowest BCUT2D eigenvalue weighted by Gasteiger charge is -2.05. The van der Waals surface area contributed by atoms with Crippen LogP contribution in [0, 0.1) is 0 Å². The van der Waals surface area contributed by atoms with Crippen molar-refractivity contribution in [2.75, 3.05) is 5.32 Å². The van der Waals surface area contributed by atoms with E-state index < -0.39 is 0 Å². The molecule has 0 aliphatic heterocycles. The minimum atomic E-state index is 0.616. The summed E-state index contributed by atoms with van der Waals surface area (Å²) in [6, 6.07) is 11.3. The van der Waals surface area contributed by atoms with E-state index in [0.717, 1.165) is 17.0 Å². The predicted molar refractivity (Wildman–Crippen MR) is 79.0 cm³/mol. The SMILES string of the molecule is Clc1cc(Cl)cc(NCc2cn3ccccc3n2)c1. The summed E-state index contributed by atoms with van der Waals surface area (Å²) in [4.78, 5) is 4.51. The van der Waals surface area contributed by atoms with Crippen LogP contribution in [-0.2, 0) is 6.54 Å². The zero-order chi connectivity index (χ0) is 13.2. The Hall–Kier alpha value is -1.71. The Morgan fingerprint density at radius 1 is 1.11 bits per heavy atom. The van der Waals surface area contributed by atoms with Crippen molar-refractivity contribution in [2.45, 2.75) is 6.54 Å². The molecule has 0 spiro atoms. The molecule has 0 fully saturated rings. The van der Waals surface area contributed by atoms with Gasteiger partial charge >= 0.3 is 0 Å². The van der Waals surface area contributed by atoms with Crippen molar-refractivity contribution in [3.05, 3.63) is 64.5 Å². The van der Waals surface area contributed by atoms with E-state index in [9.17, 15) is 0 Å². The Kier molecular flexibility index (Phi) is 3.32. The van der Waals surface area contributed by atoms with Gasteiger partial charge in [-0.2, -0.15) is 0 Å². The molecular formula is C14H11Cl2N3. The summed E-state index contributed by atoms with van der Waals surface area (Å²) in [5, 5.41) is 4.49. The largest absolute Gasteiger partial charge is 0.379 e. The van der Waals surface area contributed by atoms with Crippen LogP contribution in [0.25, 0.3) is 5.65 Å². The third kappa shape index (κ3) is 2.83. The number of hydrogen-bond donors (Lipinski definition) is 1. The number of aromatic nitrogens is 2. The second-order valence-corrected chi connectivity index (χ2v) is 5.08. The summed E-state index contributed by atoms with van der Waals surface area (Å²) in [5.41, 5.74) is 2.78. The summed E-state index contributed by atoms with van der Waals surface area (Å²) in [6.07, 6.45) is 3.97. The van der Waals surface area contributed by atoms with Crippen LogP contribution in [0.4, 0.5) is 5.69 Å². The summed E-state index contributed by atoms with van der Waals surface area (Å²) >= 11 is 11.9. The first-order valence-electron chi connectivity index (χ1n) is 5.83. The van der Waals surface area contributed by atoms with Crippen molar-refractivity contribution >= 4 is 34.5 Å². The van der Waals surface area contributed by atoms with Gasteiger partial charge in [0.2, 0.25) is 0 Å². The first-order valence-corrected chi connectivity index (χ1v) is 6.59. The standard InChI is InChI=1S/C14H11Cl2N3/c15-10-5-11(16)7-12(6-10)17-8-13-9-19-4-2-1-3-14(19)18-13/h1-7,9,17H,8H2. The van der Waals surface area contributed by atoms with E-state index in [0.29, 0.717) is 16.6 Å². The molecule has 0 unspecified atom stereocenters. The molecule has 0 radical (unpaired) electrons. The van der Waals surface area contributed by atoms with Crippen LogP contribution >= 0.6 is 23.2 Å². The molecule has 0 aliphatic rings. The Balaban J connectivity index is 1.78. The van der Waals surface area contributed by atoms with Crippen molar-refractivity contribution in [1.29, 1.82) is 0 Å². The molecule has 0 bridgehead atoms. The summed E-state index contributed by atoms with van der Waals surface area (Å²) < 4.78 is 1.99. The lowest BCUT2D eigenvalue weighted by atomic mass is 10.3. The normalized spacial score (nSPS) is 10.8. The molecule has 3 aromatic rings. The molecule has 2 aromatic heterocycles. The van der Waals surface area contributed by atoms with Crippen LogP contribution < -0.4 is 5.32 Å². The van der Waals surface area contributed by atoms with Crippen LogP contribution in [0.3, 0.4) is 0 Å². The zero-order valence-corrected chi connectivity index (χ0v) is 11.5. The van der Waals surface area contributed by atoms with Crippen LogP contribution in [0.1, 0.15) is 5.69 Å². The van der Waals surface area contributed by atoms with Gasteiger partial charge in [0, 0.05) is 28.1 Å². The number of halogens is 2. The Morgan fingerprint density at radius 2 is 1.89 bits per heavy atom. The Morgan fingerprint density at radius 3 is 2.63 bits per heavy atom. The maximum absolute atomic E-state index is 5.95. The molecule has 1 aromatic carbocycles. The van der Waals surface area contributed by atoms with Gasteiger partial charge in [0.15, 0.2) is 0 Å². The third-order valence-electron chi connectivity index (χ3n) is 2.75. The van der Waals surface area contributed by atoms with E-state index >= 15 is 0 Å². The highest BCUT2D eigenvalue weighted by molar-refractivity contribution is 6.35. The van der Waals surface area contributed by atoms with Crippen LogP contribution in [0.5, 0.6) is 0 Å². The van der Waals surface area contributed by atoms with Crippen molar-refractivity contribution in [1.82, 2.24) is 9.38 Å². The molecule has 2 heterocycles. The average Bonchev–Trinajstić information content (AvgIpc) is 2.78. The maximum Gasteiger partial charge on any atom is 0.137 e. The Labute approximate surface area is 120 Å². The summed E-state index contributed by atoms with van der Waals surface area (Å²) in [5.74, 6) is 0. The minimum Gasteiger partial charge on any atom is -0.379 e. The molecule has 19 heavy (non-hydrogen) atoms. The Bertz CT molecular complexity index is 668. The highest BCUT2D eigenvalue weighted by Gasteiger charge is 2.02. The van der Waals surface area contributed by atoms with Gasteiger partial charge in [-0.05, 0) is 30.3 Å². The van der Waals surface area contributed by atoms with Gasteiger partial charge in [-0.3, -0.25) is 0 Å². The van der Waals surface area contributed by atoms with Crippen molar-refractivity contribution < 1.29 is 0 Å². The van der Waals surface area contributed by atoms with Gasteiger partial charge in [-0.15, -0.1) is 0 Å². The molecule has 3 nitrogen and oxygen atoms in total. The molecular weight excluding hydrogens is 281 g/mol. The van der Waals surface area contributed by atoms with Crippen molar-refractivity contribution in [3.8, 4) is 0 Å². The molecule has 0 amide bonds. The first-order chi connectivity index (χ1) is 9.20. The number of benzene rings is 1. The fourth-order valence-corrected chi connectivity index (χ4v) is 2.45. The van der Waals surface area contributed by atoms with E-state index in [1.807, 2.05) is 47.1 Å². The van der Waals surface area contributed by atoms with Crippen molar-refractivity contribution in [3.63, 3.8) is 0 Å². The van der Waals surface area contributed by atoms with Gasteiger partial charge in [0.1, 0.15) is 5.65 Å². The number of hydrogen-bond acceptors (Lipinski definition) is 2. The topological polar surface area (TPSA) is 29.3 Å². The fourth-order valence-electron chi connectivity index (χ4n) is 1.92. The molecule has 3 rings (SSSR count). The van der Waals surface area contributed by atoms with Crippen LogP contribution in [0.2, 0.25) is 10.0 Å². The quantitative estimate of drug-likeness (QED) is 0.781. The van der Waals surface area contributed by atoms with E-state index in [-0.39, 0.29) is 0 Å². The molecule has 5 heteroatoms. The number of fused-ring (bicyclic) bond motifs is 1. The number of nitrogens with zero attached hydrogens (tertiary/aromatic N) is 2. The van der Waals surface area contributed by atoms with E-state index in [2.05, 4.69) is 10.3 Å². The van der Waals surface area contributed by atoms with Crippen LogP contribution in [-0.4, -0.2) is 9.38 Å². The maximum atomic E-state index is 5.95. The number of anilines is 1. The van der Waals surface area contributed by atoms with Crippen molar-refractivity contribution in [2.24, 2.45) is 0 Å². The zero-order valence-electron chi connectivity index (χ0n) is 9.98. The van der Waals surface area contributed by atoms with E-state index in [4.69, 9.17) is 23.2 Å². The lowest BCUT2D eigenvalue weighted by Crippen LogP contribution is -1.99. The molecule has 1 N–H and O–H groups in total.